The summed E-state index contributed by atoms with van der Waals surface area (Å²) in [5.41, 5.74) is 3.38. The molecule has 0 saturated carbocycles. The van der Waals surface area contributed by atoms with Gasteiger partial charge in [-0.05, 0) is 43.8 Å². The summed E-state index contributed by atoms with van der Waals surface area (Å²) in [5.74, 6) is -4.32. The molecule has 1 aliphatic heterocycles. The highest BCUT2D eigenvalue weighted by atomic mass is 19.3. The van der Waals surface area contributed by atoms with E-state index in [0.29, 0.717) is 32.4 Å². The molecule has 7 heteroatoms. The number of aliphatic hydroxyl groups excluding tert-OH is 1. The minimum Gasteiger partial charge on any atom is -0.392 e. The van der Waals surface area contributed by atoms with Gasteiger partial charge in [-0.2, -0.15) is 8.78 Å². The number of aromatic nitrogens is 2. The molecular formula is C21H25F2N3O2. The van der Waals surface area contributed by atoms with Gasteiger partial charge in [0.15, 0.2) is 5.78 Å². The molecule has 4 rings (SSSR count). The van der Waals surface area contributed by atoms with E-state index in [1.165, 1.54) is 10.8 Å². The first-order valence-corrected chi connectivity index (χ1v) is 9.78. The molecule has 0 aromatic carbocycles. The van der Waals surface area contributed by atoms with E-state index in [4.69, 9.17) is 0 Å². The van der Waals surface area contributed by atoms with Gasteiger partial charge >= 0.3 is 5.92 Å². The molecule has 0 bridgehead atoms. The predicted molar refractivity (Wildman–Crippen MR) is 102 cm³/mol. The van der Waals surface area contributed by atoms with E-state index >= 15 is 0 Å². The van der Waals surface area contributed by atoms with Crippen LogP contribution in [0.1, 0.15) is 31.0 Å². The maximum atomic E-state index is 13.7. The average Bonchev–Trinajstić information content (AvgIpc) is 3.25. The molecule has 5 nitrogen and oxygen atoms in total. The fraction of sp³-hybridized carbons (Fsp3) is 0.524. The molecule has 0 amide bonds. The van der Waals surface area contributed by atoms with Gasteiger partial charge in [-0.25, -0.2) is 4.98 Å². The Kier molecular flexibility index (Phi) is 5.05. The molecule has 2 aromatic heterocycles. The zero-order valence-corrected chi connectivity index (χ0v) is 15.9. The molecule has 2 aromatic rings. The number of carbonyl (C=O) groups is 1. The van der Waals surface area contributed by atoms with Crippen molar-refractivity contribution < 1.29 is 18.7 Å². The smallest absolute Gasteiger partial charge is 0.317 e. The molecule has 0 radical (unpaired) electrons. The zero-order chi connectivity index (χ0) is 19.9. The Bertz CT molecular complexity index is 958. The van der Waals surface area contributed by atoms with Crippen molar-refractivity contribution in [1.29, 1.82) is 0 Å². The van der Waals surface area contributed by atoms with Crippen molar-refractivity contribution in [3.63, 3.8) is 0 Å². The van der Waals surface area contributed by atoms with Crippen molar-refractivity contribution in [2.24, 2.45) is 5.92 Å². The Labute approximate surface area is 162 Å². The van der Waals surface area contributed by atoms with Crippen molar-refractivity contribution in [3.05, 3.63) is 41.2 Å². The second-order valence-corrected chi connectivity index (χ2v) is 7.93. The van der Waals surface area contributed by atoms with Crippen LogP contribution in [-0.4, -0.2) is 56.8 Å². The summed E-state index contributed by atoms with van der Waals surface area (Å²) in [5, 5.41) is 12.0. The number of hydrogen-bond donors (Lipinski definition) is 1. The third kappa shape index (κ3) is 3.49. The van der Waals surface area contributed by atoms with Crippen LogP contribution in [0.2, 0.25) is 0 Å². The maximum absolute atomic E-state index is 13.7. The SMILES string of the molecule is CC(=O)C(F)(F)CN1CCC(C(O)Cc2c3c(c4cncn24)=CC=CC3)CC1. The number of likely N-dealkylation sites (tertiary alicyclic amines) is 1. The molecule has 1 saturated heterocycles. The standard InChI is InChI=1S/C21H25F2N3O2/c1-14(27)21(22,23)12-25-8-6-15(7-9-25)20(28)10-18-16-4-2-3-5-17(16)19-11-24-13-26(18)19/h2-3,5,11,13,15,20,28H,4,6-10,12H2,1H3. The van der Waals surface area contributed by atoms with E-state index in [-0.39, 0.29) is 5.92 Å². The summed E-state index contributed by atoms with van der Waals surface area (Å²) in [4.78, 5) is 16.9. The number of alkyl halides is 2. The molecule has 150 valence electrons. The minimum atomic E-state index is -3.29. The van der Waals surface area contributed by atoms with Gasteiger partial charge in [0.1, 0.15) is 0 Å². The summed E-state index contributed by atoms with van der Waals surface area (Å²) in [6.45, 7) is 1.35. The lowest BCUT2D eigenvalue weighted by Crippen LogP contribution is -2.46. The van der Waals surface area contributed by atoms with E-state index in [1.807, 2.05) is 12.3 Å². The summed E-state index contributed by atoms with van der Waals surface area (Å²) in [6.07, 6.45) is 12.0. The zero-order valence-electron chi connectivity index (χ0n) is 15.9. The third-order valence-corrected chi connectivity index (χ3v) is 6.12. The first-order valence-electron chi connectivity index (χ1n) is 9.78. The molecular weight excluding hydrogens is 364 g/mol. The number of halogens is 2. The number of imidazole rings is 1. The summed E-state index contributed by atoms with van der Waals surface area (Å²) in [7, 11) is 0. The van der Waals surface area contributed by atoms with E-state index in [2.05, 4.69) is 21.5 Å². The minimum absolute atomic E-state index is 0.0643. The van der Waals surface area contributed by atoms with E-state index in [1.54, 1.807) is 11.2 Å². The number of hydrogen-bond acceptors (Lipinski definition) is 4. The summed E-state index contributed by atoms with van der Waals surface area (Å²) in [6, 6.07) is 0. The second-order valence-electron chi connectivity index (χ2n) is 7.93. The number of rotatable bonds is 6. The topological polar surface area (TPSA) is 57.8 Å². The Hall–Kier alpha value is -2.12. The van der Waals surface area contributed by atoms with E-state index in [9.17, 15) is 18.7 Å². The normalized spacial score (nSPS) is 19.6. The number of nitrogens with zero attached hydrogens (tertiary/aromatic N) is 3. The van der Waals surface area contributed by atoms with Gasteiger partial charge in [0.2, 0.25) is 0 Å². The van der Waals surface area contributed by atoms with Gasteiger partial charge in [0.05, 0.1) is 30.7 Å². The Balaban J connectivity index is 1.42. The number of fused-ring (bicyclic) bond motifs is 3. The van der Waals surface area contributed by atoms with Gasteiger partial charge < -0.3 is 9.51 Å². The highest BCUT2D eigenvalue weighted by Gasteiger charge is 2.38. The fourth-order valence-corrected chi connectivity index (χ4v) is 4.40. The lowest BCUT2D eigenvalue weighted by atomic mass is 9.88. The highest BCUT2D eigenvalue weighted by molar-refractivity contribution is 5.83. The number of Topliss-reactive ketones (excluding diaryl/α,β-unsaturated/α-hetero) is 1. The average molecular weight is 389 g/mol. The van der Waals surface area contributed by atoms with Gasteiger partial charge in [-0.15, -0.1) is 0 Å². The molecule has 0 spiro atoms. The summed E-state index contributed by atoms with van der Waals surface area (Å²) >= 11 is 0. The van der Waals surface area contributed by atoms with Crippen molar-refractivity contribution in [1.82, 2.24) is 14.3 Å². The first-order chi connectivity index (χ1) is 13.4. The number of piperidine rings is 1. The largest absolute Gasteiger partial charge is 0.392 e. The van der Waals surface area contributed by atoms with Crippen LogP contribution in [0, 0.1) is 5.92 Å². The van der Waals surface area contributed by atoms with Crippen molar-refractivity contribution in [2.75, 3.05) is 19.6 Å². The Morgan fingerprint density at radius 1 is 1.39 bits per heavy atom. The highest BCUT2D eigenvalue weighted by Crippen LogP contribution is 2.27. The maximum Gasteiger partial charge on any atom is 0.317 e. The van der Waals surface area contributed by atoms with Crippen LogP contribution in [0.5, 0.6) is 0 Å². The Morgan fingerprint density at radius 2 is 2.14 bits per heavy atom. The quantitative estimate of drug-likeness (QED) is 0.818. The number of aliphatic hydroxyl groups is 1. The van der Waals surface area contributed by atoms with E-state index < -0.39 is 24.4 Å². The molecule has 28 heavy (non-hydrogen) atoms. The van der Waals surface area contributed by atoms with Gasteiger partial charge in [0, 0.05) is 24.3 Å². The van der Waals surface area contributed by atoms with Crippen LogP contribution >= 0.6 is 0 Å². The third-order valence-electron chi connectivity index (χ3n) is 6.12. The second kappa shape index (κ2) is 7.37. The predicted octanol–water partition coefficient (Wildman–Crippen LogP) is 1.79. The molecule has 3 heterocycles. The van der Waals surface area contributed by atoms with Crippen molar-refractivity contribution >= 4 is 17.4 Å². The van der Waals surface area contributed by atoms with E-state index in [0.717, 1.165) is 24.6 Å². The number of ketones is 1. The first kappa shape index (κ1) is 19.2. The van der Waals surface area contributed by atoms with Crippen LogP contribution in [0.3, 0.4) is 0 Å². The van der Waals surface area contributed by atoms with Crippen LogP contribution < -0.4 is 5.22 Å². The monoisotopic (exact) mass is 389 g/mol. The van der Waals surface area contributed by atoms with Gasteiger partial charge in [0.25, 0.3) is 0 Å². The number of carbonyl (C=O) groups excluding carboxylic acids is 1. The molecule has 2 aliphatic rings. The van der Waals surface area contributed by atoms with Crippen molar-refractivity contribution in [2.45, 2.75) is 44.6 Å². The van der Waals surface area contributed by atoms with Crippen LogP contribution in [-0.2, 0) is 17.6 Å². The van der Waals surface area contributed by atoms with Crippen LogP contribution in [0.4, 0.5) is 8.78 Å². The van der Waals surface area contributed by atoms with Crippen LogP contribution in [0.25, 0.3) is 11.6 Å². The van der Waals surface area contributed by atoms with Gasteiger partial charge in [-0.1, -0.05) is 18.2 Å². The molecule has 1 fully saturated rings. The summed E-state index contributed by atoms with van der Waals surface area (Å²) < 4.78 is 29.4. The molecule has 1 atom stereocenters. The fourth-order valence-electron chi connectivity index (χ4n) is 4.40. The Morgan fingerprint density at radius 3 is 2.86 bits per heavy atom. The van der Waals surface area contributed by atoms with Crippen molar-refractivity contribution in [3.8, 4) is 0 Å². The molecule has 1 N–H and O–H groups in total. The lowest BCUT2D eigenvalue weighted by Gasteiger charge is -2.35. The van der Waals surface area contributed by atoms with Gasteiger partial charge in [-0.3, -0.25) is 9.69 Å². The molecule has 1 unspecified atom stereocenters. The number of allylic oxidation sites excluding steroid dienone is 2. The molecule has 1 aliphatic carbocycles. The van der Waals surface area contributed by atoms with Crippen LogP contribution in [0.15, 0.2) is 24.7 Å². The lowest BCUT2D eigenvalue weighted by molar-refractivity contribution is -0.144.